The van der Waals surface area contributed by atoms with Gasteiger partial charge in [-0.25, -0.2) is 9.78 Å². The number of aromatic amines is 1. The average Bonchev–Trinajstić information content (AvgIpc) is 3.25. The fourth-order valence-corrected chi connectivity index (χ4v) is 3.76. The second-order valence-corrected chi connectivity index (χ2v) is 10.4. The molecule has 0 aromatic carbocycles. The lowest BCUT2D eigenvalue weighted by atomic mass is 9.97. The molecule has 0 spiro atoms. The largest absolute Gasteiger partial charge is 0.480 e. The number of nitrogens with one attached hydrogen (secondary N) is 4. The number of aromatic nitrogens is 2. The van der Waals surface area contributed by atoms with Crippen molar-refractivity contribution < 1.29 is 24.6 Å². The number of aliphatic hydroxyl groups excluding tert-OH is 1. The molecule has 0 radical (unpaired) electrons. The number of amides is 2. The minimum atomic E-state index is -1.09. The third kappa shape index (κ3) is 11.2. The van der Waals surface area contributed by atoms with Gasteiger partial charge in [-0.15, -0.1) is 0 Å². The molecule has 8 N–H and O–H groups in total. The van der Waals surface area contributed by atoms with Crippen LogP contribution in [0.5, 0.6) is 0 Å². The van der Waals surface area contributed by atoms with Crippen molar-refractivity contribution >= 4 is 17.8 Å². The third-order valence-corrected chi connectivity index (χ3v) is 5.68. The van der Waals surface area contributed by atoms with E-state index in [1.165, 1.54) is 6.33 Å². The Bertz CT molecular complexity index is 783. The molecular formula is C24H44N6O5. The summed E-state index contributed by atoms with van der Waals surface area (Å²) in [5, 5.41) is 28.8. The van der Waals surface area contributed by atoms with Crippen LogP contribution in [0, 0.1) is 17.8 Å². The Morgan fingerprint density at radius 2 is 1.66 bits per heavy atom. The van der Waals surface area contributed by atoms with Gasteiger partial charge in [-0.05, 0) is 30.6 Å². The van der Waals surface area contributed by atoms with E-state index < -0.39 is 42.1 Å². The Balaban J connectivity index is 2.83. The highest BCUT2D eigenvalue weighted by Crippen LogP contribution is 2.12. The van der Waals surface area contributed by atoms with E-state index in [1.807, 2.05) is 27.7 Å². The lowest BCUT2D eigenvalue weighted by molar-refractivity contribution is -0.143. The number of aliphatic hydroxyl groups is 1. The number of nitrogens with zero attached hydrogens (tertiary/aromatic N) is 1. The minimum Gasteiger partial charge on any atom is -0.480 e. The zero-order chi connectivity index (χ0) is 26.7. The summed E-state index contributed by atoms with van der Waals surface area (Å²) in [5.74, 6) is -1.85. The van der Waals surface area contributed by atoms with Crippen molar-refractivity contribution in [3.05, 3.63) is 18.2 Å². The maximum Gasteiger partial charge on any atom is 0.326 e. The van der Waals surface area contributed by atoms with E-state index in [1.54, 1.807) is 20.0 Å². The van der Waals surface area contributed by atoms with Gasteiger partial charge in [0.15, 0.2) is 0 Å². The zero-order valence-electron chi connectivity index (χ0n) is 21.7. The highest BCUT2D eigenvalue weighted by atomic mass is 16.4. The van der Waals surface area contributed by atoms with Crippen LogP contribution in [-0.4, -0.2) is 74.8 Å². The predicted octanol–water partition coefficient (Wildman–Crippen LogP) is 0.401. The smallest absolute Gasteiger partial charge is 0.326 e. The normalized spacial score (nSPS) is 16.1. The Kier molecular flexibility index (Phi) is 12.9. The van der Waals surface area contributed by atoms with E-state index in [9.17, 15) is 24.6 Å². The molecule has 1 rings (SSSR count). The number of rotatable bonds is 16. The molecule has 11 nitrogen and oxygen atoms in total. The van der Waals surface area contributed by atoms with E-state index in [2.05, 4.69) is 25.9 Å². The molecule has 1 aromatic heterocycles. The lowest BCUT2D eigenvalue weighted by Gasteiger charge is -2.29. The second kappa shape index (κ2) is 14.8. The van der Waals surface area contributed by atoms with Crippen LogP contribution < -0.4 is 21.7 Å². The summed E-state index contributed by atoms with van der Waals surface area (Å²) in [6.45, 7) is 11.4. The van der Waals surface area contributed by atoms with Crippen LogP contribution in [0.15, 0.2) is 12.5 Å². The lowest BCUT2D eigenvalue weighted by Crippen LogP contribution is -2.56. The number of aliphatic carboxylic acids is 1. The first-order valence-corrected chi connectivity index (χ1v) is 12.3. The maximum atomic E-state index is 12.9. The van der Waals surface area contributed by atoms with E-state index in [4.69, 9.17) is 5.73 Å². The number of H-pyrrole nitrogens is 1. The van der Waals surface area contributed by atoms with Crippen molar-refractivity contribution in [2.24, 2.45) is 23.5 Å². The van der Waals surface area contributed by atoms with E-state index in [0.29, 0.717) is 12.8 Å². The van der Waals surface area contributed by atoms with Crippen LogP contribution in [0.4, 0.5) is 0 Å². The van der Waals surface area contributed by atoms with Gasteiger partial charge >= 0.3 is 5.97 Å². The number of carboxylic acids is 1. The Hall–Kier alpha value is -2.50. The Morgan fingerprint density at radius 3 is 2.14 bits per heavy atom. The van der Waals surface area contributed by atoms with Crippen molar-refractivity contribution in [3.8, 4) is 0 Å². The van der Waals surface area contributed by atoms with Gasteiger partial charge < -0.3 is 36.9 Å². The van der Waals surface area contributed by atoms with Gasteiger partial charge in [0.05, 0.1) is 30.6 Å². The highest BCUT2D eigenvalue weighted by molar-refractivity contribution is 5.87. The molecule has 5 atom stereocenters. The van der Waals surface area contributed by atoms with Crippen LogP contribution in [0.3, 0.4) is 0 Å². The maximum absolute atomic E-state index is 12.9. The van der Waals surface area contributed by atoms with Crippen molar-refractivity contribution in [2.75, 3.05) is 6.54 Å². The molecule has 0 aliphatic carbocycles. The summed E-state index contributed by atoms with van der Waals surface area (Å²) in [4.78, 5) is 43.9. The van der Waals surface area contributed by atoms with Crippen molar-refractivity contribution in [1.82, 2.24) is 25.9 Å². The van der Waals surface area contributed by atoms with Gasteiger partial charge in [0, 0.05) is 24.9 Å². The molecule has 2 amide bonds. The van der Waals surface area contributed by atoms with E-state index in [-0.39, 0.29) is 36.6 Å². The number of carbonyl (C=O) groups excluding carboxylic acids is 2. The van der Waals surface area contributed by atoms with Gasteiger partial charge in [0.2, 0.25) is 11.8 Å². The fourth-order valence-electron chi connectivity index (χ4n) is 3.76. The van der Waals surface area contributed by atoms with E-state index in [0.717, 1.165) is 5.69 Å². The molecule has 0 bridgehead atoms. The molecular weight excluding hydrogens is 452 g/mol. The van der Waals surface area contributed by atoms with Crippen LogP contribution in [-0.2, 0) is 20.8 Å². The van der Waals surface area contributed by atoms with Gasteiger partial charge in [0.1, 0.15) is 6.04 Å². The van der Waals surface area contributed by atoms with Gasteiger partial charge in [-0.3, -0.25) is 9.59 Å². The summed E-state index contributed by atoms with van der Waals surface area (Å²) in [6, 6.07) is -3.08. The molecule has 0 saturated heterocycles. The Morgan fingerprint density at radius 1 is 1.03 bits per heavy atom. The van der Waals surface area contributed by atoms with Gasteiger partial charge in [-0.1, -0.05) is 41.5 Å². The van der Waals surface area contributed by atoms with Crippen LogP contribution in [0.2, 0.25) is 0 Å². The Labute approximate surface area is 208 Å². The minimum absolute atomic E-state index is 0.0394. The molecule has 0 fully saturated rings. The SMILES string of the molecule is CC(C)CC(NC(=O)[C@@H](N)Cc1cnc[nH]1)C(O)CN[C@@H](CC(C)C)C(=O)N[C@@H](C(=O)O)C(C)C. The third-order valence-electron chi connectivity index (χ3n) is 5.68. The molecule has 1 heterocycles. The van der Waals surface area contributed by atoms with Crippen LogP contribution >= 0.6 is 0 Å². The topological polar surface area (TPSA) is 182 Å². The monoisotopic (exact) mass is 496 g/mol. The molecule has 35 heavy (non-hydrogen) atoms. The average molecular weight is 497 g/mol. The summed E-state index contributed by atoms with van der Waals surface area (Å²) in [5.41, 5.74) is 6.78. The summed E-state index contributed by atoms with van der Waals surface area (Å²) in [7, 11) is 0. The number of hydrogen-bond donors (Lipinski definition) is 7. The second-order valence-electron chi connectivity index (χ2n) is 10.4. The first-order valence-electron chi connectivity index (χ1n) is 12.3. The van der Waals surface area contributed by atoms with Gasteiger partial charge in [0.25, 0.3) is 0 Å². The summed E-state index contributed by atoms with van der Waals surface area (Å²) < 4.78 is 0. The predicted molar refractivity (Wildman–Crippen MR) is 133 cm³/mol. The number of imidazole rings is 1. The first-order chi connectivity index (χ1) is 16.3. The molecule has 0 aliphatic rings. The quantitative estimate of drug-likeness (QED) is 0.172. The fraction of sp³-hybridized carbons (Fsp3) is 0.750. The molecule has 11 heteroatoms. The summed E-state index contributed by atoms with van der Waals surface area (Å²) in [6.07, 6.45) is 3.39. The van der Waals surface area contributed by atoms with Crippen molar-refractivity contribution in [1.29, 1.82) is 0 Å². The first kappa shape index (κ1) is 30.5. The van der Waals surface area contributed by atoms with E-state index >= 15 is 0 Å². The molecule has 200 valence electrons. The molecule has 1 aromatic rings. The number of carboxylic acid groups (broad SMARTS) is 1. The van der Waals surface area contributed by atoms with Crippen LogP contribution in [0.1, 0.15) is 60.1 Å². The molecule has 0 aliphatic heterocycles. The molecule has 2 unspecified atom stereocenters. The zero-order valence-corrected chi connectivity index (χ0v) is 21.7. The summed E-state index contributed by atoms with van der Waals surface area (Å²) >= 11 is 0. The van der Waals surface area contributed by atoms with Crippen molar-refractivity contribution in [3.63, 3.8) is 0 Å². The number of hydrogen-bond acceptors (Lipinski definition) is 7. The molecule has 0 saturated carbocycles. The van der Waals surface area contributed by atoms with Gasteiger partial charge in [-0.2, -0.15) is 0 Å². The van der Waals surface area contributed by atoms with Crippen molar-refractivity contribution in [2.45, 2.75) is 91.1 Å². The highest BCUT2D eigenvalue weighted by Gasteiger charge is 2.30. The number of carbonyl (C=O) groups is 3. The number of nitrogens with two attached hydrogens (primary N) is 1. The van der Waals surface area contributed by atoms with Crippen LogP contribution in [0.25, 0.3) is 0 Å². The standard InChI is InChI=1S/C24H44N6O5/c1-13(2)7-18(29-22(32)17(25)9-16-10-26-12-28-16)20(31)11-27-19(8-14(3)4)23(33)30-21(15(5)6)24(34)35/h10,12-15,17-21,27,31H,7-9,11,25H2,1-6H3,(H,26,28)(H,29,32)(H,30,33)(H,34,35)/t17-,18?,19-,20?,21+/m0/s1.